The Morgan fingerprint density at radius 2 is 1.93 bits per heavy atom. The average Bonchev–Trinajstić information content (AvgIpc) is 2.23. The molecule has 0 fully saturated rings. The molecule has 0 saturated carbocycles. The molecule has 2 heterocycles. The van der Waals surface area contributed by atoms with Crippen molar-refractivity contribution in [3.63, 3.8) is 0 Å². The van der Waals surface area contributed by atoms with Gasteiger partial charge in [-0.1, -0.05) is 23.2 Å². The van der Waals surface area contributed by atoms with Crippen LogP contribution in [0, 0.1) is 0 Å². The highest BCUT2D eigenvalue weighted by atomic mass is 35.5. The van der Waals surface area contributed by atoms with Gasteiger partial charge in [-0.3, -0.25) is 9.97 Å². The number of aromatic nitrogens is 4. The van der Waals surface area contributed by atoms with E-state index in [-0.39, 0.29) is 10.3 Å². The summed E-state index contributed by atoms with van der Waals surface area (Å²) < 4.78 is 0. The highest BCUT2D eigenvalue weighted by molar-refractivity contribution is 6.33. The lowest BCUT2D eigenvalue weighted by Gasteiger charge is -2.00. The van der Waals surface area contributed by atoms with Crippen molar-refractivity contribution in [1.29, 1.82) is 0 Å². The van der Waals surface area contributed by atoms with Crippen LogP contribution in [0.4, 0.5) is 0 Å². The van der Waals surface area contributed by atoms with Crippen LogP contribution in [0.25, 0.3) is 11.3 Å². The first-order chi connectivity index (χ1) is 6.77. The van der Waals surface area contributed by atoms with Crippen LogP contribution >= 0.6 is 23.2 Å². The lowest BCUT2D eigenvalue weighted by atomic mass is 10.2. The van der Waals surface area contributed by atoms with E-state index in [1.807, 2.05) is 0 Å². The van der Waals surface area contributed by atoms with E-state index >= 15 is 0 Å². The van der Waals surface area contributed by atoms with Gasteiger partial charge < -0.3 is 0 Å². The van der Waals surface area contributed by atoms with E-state index in [1.54, 1.807) is 24.7 Å². The minimum Gasteiger partial charge on any atom is -0.261 e. The van der Waals surface area contributed by atoms with Crippen LogP contribution in [-0.4, -0.2) is 20.2 Å². The molecule has 2 aromatic heterocycles. The average molecular weight is 227 g/mol. The Kier molecular flexibility index (Phi) is 2.56. The van der Waals surface area contributed by atoms with Gasteiger partial charge in [0, 0.05) is 18.0 Å². The van der Waals surface area contributed by atoms with Gasteiger partial charge in [-0.25, -0.2) is 0 Å². The Balaban J connectivity index is 2.57. The maximum atomic E-state index is 5.83. The summed E-state index contributed by atoms with van der Waals surface area (Å²) in [6, 6.07) is 1.60. The molecule has 0 aliphatic rings. The molecule has 0 spiro atoms. The molecule has 0 unspecified atom stereocenters. The molecule has 0 bridgehead atoms. The second kappa shape index (κ2) is 3.86. The third-order valence-electron chi connectivity index (χ3n) is 1.56. The van der Waals surface area contributed by atoms with Gasteiger partial charge in [-0.15, -0.1) is 10.2 Å². The normalized spacial score (nSPS) is 10.1. The largest absolute Gasteiger partial charge is 0.261 e. The number of nitrogens with zero attached hydrogens (tertiary/aromatic N) is 4. The smallest absolute Gasteiger partial charge is 0.161 e. The van der Waals surface area contributed by atoms with Crippen molar-refractivity contribution < 1.29 is 0 Å². The van der Waals surface area contributed by atoms with Crippen molar-refractivity contribution in [1.82, 2.24) is 20.2 Å². The molecule has 0 aromatic carbocycles. The van der Waals surface area contributed by atoms with Gasteiger partial charge in [-0.05, 0) is 6.07 Å². The van der Waals surface area contributed by atoms with Crippen molar-refractivity contribution in [2.45, 2.75) is 0 Å². The minimum absolute atomic E-state index is 0.259. The lowest BCUT2D eigenvalue weighted by molar-refractivity contribution is 1.03. The van der Waals surface area contributed by atoms with Gasteiger partial charge >= 0.3 is 0 Å². The number of halogens is 2. The van der Waals surface area contributed by atoms with Gasteiger partial charge in [0.2, 0.25) is 0 Å². The number of hydrogen-bond donors (Lipinski definition) is 0. The molecule has 0 aliphatic heterocycles. The van der Waals surface area contributed by atoms with Gasteiger partial charge in [-0.2, -0.15) is 0 Å². The maximum Gasteiger partial charge on any atom is 0.161 e. The van der Waals surface area contributed by atoms with Gasteiger partial charge in [0.15, 0.2) is 10.3 Å². The van der Waals surface area contributed by atoms with Crippen molar-refractivity contribution in [3.8, 4) is 11.3 Å². The van der Waals surface area contributed by atoms with E-state index in [4.69, 9.17) is 23.2 Å². The summed E-state index contributed by atoms with van der Waals surface area (Å²) in [4.78, 5) is 8.00. The molecule has 2 rings (SSSR count). The molecule has 14 heavy (non-hydrogen) atoms. The van der Waals surface area contributed by atoms with E-state index < -0.39 is 0 Å². The third-order valence-corrected chi connectivity index (χ3v) is 2.02. The van der Waals surface area contributed by atoms with E-state index in [0.717, 1.165) is 0 Å². The molecule has 0 radical (unpaired) electrons. The summed E-state index contributed by atoms with van der Waals surface area (Å²) in [5.41, 5.74) is 1.24. The van der Waals surface area contributed by atoms with Crippen LogP contribution in [0.5, 0.6) is 0 Å². The Morgan fingerprint density at radius 1 is 1.07 bits per heavy atom. The monoisotopic (exact) mass is 226 g/mol. The maximum absolute atomic E-state index is 5.83. The van der Waals surface area contributed by atoms with Gasteiger partial charge in [0.05, 0.1) is 11.9 Å². The number of hydrogen-bond acceptors (Lipinski definition) is 4. The fourth-order valence-electron chi connectivity index (χ4n) is 0.971. The SMILES string of the molecule is Clc1cc(-c2cnccn2)c(Cl)nn1. The molecule has 0 atom stereocenters. The Bertz CT molecular complexity index is 446. The van der Waals surface area contributed by atoms with Gasteiger partial charge in [0.25, 0.3) is 0 Å². The second-order valence-corrected chi connectivity index (χ2v) is 3.21. The molecular weight excluding hydrogens is 223 g/mol. The summed E-state index contributed by atoms with van der Waals surface area (Å²) in [6.07, 6.45) is 4.73. The Labute approximate surface area is 89.9 Å². The summed E-state index contributed by atoms with van der Waals surface area (Å²) in [5.74, 6) is 0. The molecular formula is C8H4Cl2N4. The third kappa shape index (κ3) is 1.81. The van der Waals surface area contributed by atoms with E-state index in [9.17, 15) is 0 Å². The first-order valence-corrected chi connectivity index (χ1v) is 4.48. The molecule has 4 nitrogen and oxygen atoms in total. The topological polar surface area (TPSA) is 51.6 Å². The van der Waals surface area contributed by atoms with Crippen LogP contribution in [-0.2, 0) is 0 Å². The molecule has 0 amide bonds. The van der Waals surface area contributed by atoms with E-state index in [2.05, 4.69) is 20.2 Å². The summed E-state index contributed by atoms with van der Waals surface area (Å²) in [7, 11) is 0. The zero-order valence-electron chi connectivity index (χ0n) is 6.85. The van der Waals surface area contributed by atoms with Gasteiger partial charge in [0.1, 0.15) is 0 Å². The predicted molar refractivity (Wildman–Crippen MR) is 53.1 cm³/mol. The highest BCUT2D eigenvalue weighted by Gasteiger charge is 2.07. The molecule has 0 N–H and O–H groups in total. The van der Waals surface area contributed by atoms with Crippen molar-refractivity contribution >= 4 is 23.2 Å². The van der Waals surface area contributed by atoms with E-state index in [0.29, 0.717) is 11.3 Å². The quantitative estimate of drug-likeness (QED) is 0.749. The first-order valence-electron chi connectivity index (χ1n) is 3.72. The van der Waals surface area contributed by atoms with Crippen molar-refractivity contribution in [3.05, 3.63) is 35.0 Å². The van der Waals surface area contributed by atoms with Crippen LogP contribution in [0.1, 0.15) is 0 Å². The Morgan fingerprint density at radius 3 is 2.64 bits per heavy atom. The fourth-order valence-corrected chi connectivity index (χ4v) is 1.31. The summed E-state index contributed by atoms with van der Waals surface area (Å²) in [5, 5.41) is 7.80. The van der Waals surface area contributed by atoms with E-state index in [1.165, 1.54) is 0 Å². The Hall–Kier alpha value is -1.26. The summed E-state index contributed by atoms with van der Waals surface area (Å²) >= 11 is 11.5. The fraction of sp³-hybridized carbons (Fsp3) is 0. The molecule has 0 saturated heterocycles. The summed E-state index contributed by atoms with van der Waals surface area (Å²) in [6.45, 7) is 0. The zero-order valence-corrected chi connectivity index (χ0v) is 8.37. The van der Waals surface area contributed by atoms with Crippen molar-refractivity contribution in [2.75, 3.05) is 0 Å². The molecule has 70 valence electrons. The van der Waals surface area contributed by atoms with Crippen LogP contribution < -0.4 is 0 Å². The van der Waals surface area contributed by atoms with Crippen LogP contribution in [0.3, 0.4) is 0 Å². The number of rotatable bonds is 1. The van der Waals surface area contributed by atoms with Crippen LogP contribution in [0.15, 0.2) is 24.7 Å². The standard InChI is InChI=1S/C8H4Cl2N4/c9-7-3-5(8(10)14-13-7)6-4-11-1-2-12-6/h1-4H. The highest BCUT2D eigenvalue weighted by Crippen LogP contribution is 2.24. The predicted octanol–water partition coefficient (Wildman–Crippen LogP) is 2.24. The second-order valence-electron chi connectivity index (χ2n) is 2.46. The minimum atomic E-state index is 0.259. The van der Waals surface area contributed by atoms with Crippen LogP contribution in [0.2, 0.25) is 10.3 Å². The molecule has 6 heteroatoms. The zero-order chi connectivity index (χ0) is 9.97. The van der Waals surface area contributed by atoms with Crippen molar-refractivity contribution in [2.24, 2.45) is 0 Å². The molecule has 0 aliphatic carbocycles. The first kappa shape index (κ1) is 9.30. The lowest BCUT2D eigenvalue weighted by Crippen LogP contribution is -1.90. The molecule has 2 aromatic rings.